The van der Waals surface area contributed by atoms with Gasteiger partial charge in [-0.1, -0.05) is 32.4 Å². The Hall–Kier alpha value is -2.04. The highest BCUT2D eigenvalue weighted by atomic mass is 16.4. The molecule has 2 atom stereocenters. The summed E-state index contributed by atoms with van der Waals surface area (Å²) < 4.78 is 0. The van der Waals surface area contributed by atoms with E-state index in [4.69, 9.17) is 5.11 Å². The van der Waals surface area contributed by atoms with Crippen LogP contribution in [0.15, 0.2) is 24.3 Å². The number of aromatic carboxylic acids is 1. The van der Waals surface area contributed by atoms with Crippen LogP contribution < -0.4 is 5.32 Å². The van der Waals surface area contributed by atoms with Gasteiger partial charge in [-0.25, -0.2) is 9.59 Å². The Morgan fingerprint density at radius 2 is 1.96 bits per heavy atom. The minimum atomic E-state index is -0.938. The van der Waals surface area contributed by atoms with Crippen LogP contribution in [0.4, 0.5) is 4.79 Å². The molecule has 5 nitrogen and oxygen atoms in total. The number of nitrogens with one attached hydrogen (secondary N) is 1. The maximum Gasteiger partial charge on any atom is 0.335 e. The highest BCUT2D eigenvalue weighted by Crippen LogP contribution is 2.48. The van der Waals surface area contributed by atoms with E-state index in [2.05, 4.69) is 19.2 Å². The van der Waals surface area contributed by atoms with E-state index in [1.807, 2.05) is 4.90 Å². The predicted molar refractivity (Wildman–Crippen MR) is 87.3 cm³/mol. The van der Waals surface area contributed by atoms with E-state index in [0.717, 1.165) is 18.5 Å². The summed E-state index contributed by atoms with van der Waals surface area (Å²) in [4.78, 5) is 25.4. The van der Waals surface area contributed by atoms with Crippen molar-refractivity contribution in [2.45, 2.75) is 45.7 Å². The maximum atomic E-state index is 12.5. The molecule has 1 aromatic carbocycles. The smallest absolute Gasteiger partial charge is 0.335 e. The first kappa shape index (κ1) is 15.8. The number of nitrogens with zero attached hydrogens (tertiary/aromatic N) is 1. The van der Waals surface area contributed by atoms with E-state index in [1.54, 1.807) is 24.3 Å². The van der Waals surface area contributed by atoms with Gasteiger partial charge in [0.15, 0.2) is 0 Å². The van der Waals surface area contributed by atoms with Crippen molar-refractivity contribution in [1.29, 1.82) is 0 Å². The molecule has 0 bridgehead atoms. The fourth-order valence-corrected chi connectivity index (χ4v) is 4.17. The minimum Gasteiger partial charge on any atom is -0.478 e. The van der Waals surface area contributed by atoms with Crippen LogP contribution in [0.25, 0.3) is 0 Å². The number of rotatable bonds is 3. The second-order valence-corrected chi connectivity index (χ2v) is 7.38. The van der Waals surface area contributed by atoms with E-state index >= 15 is 0 Å². The van der Waals surface area contributed by atoms with Crippen molar-refractivity contribution >= 4 is 12.0 Å². The predicted octanol–water partition coefficient (Wildman–Crippen LogP) is 3.10. The molecule has 3 rings (SSSR count). The summed E-state index contributed by atoms with van der Waals surface area (Å²) in [5.74, 6) is -0.324. The topological polar surface area (TPSA) is 69.6 Å². The van der Waals surface area contributed by atoms with Gasteiger partial charge in [-0.05, 0) is 41.9 Å². The lowest BCUT2D eigenvalue weighted by molar-refractivity contribution is 0.0697. The molecule has 5 heteroatoms. The molecule has 2 aliphatic rings. The molecular formula is C18H24N2O3. The van der Waals surface area contributed by atoms with E-state index < -0.39 is 5.97 Å². The van der Waals surface area contributed by atoms with E-state index in [-0.39, 0.29) is 17.0 Å². The van der Waals surface area contributed by atoms with Gasteiger partial charge < -0.3 is 15.3 Å². The average Bonchev–Trinajstić information content (AvgIpc) is 3.09. The summed E-state index contributed by atoms with van der Waals surface area (Å²) in [6.07, 6.45) is 3.53. The van der Waals surface area contributed by atoms with Gasteiger partial charge >= 0.3 is 12.0 Å². The zero-order valence-corrected chi connectivity index (χ0v) is 13.7. The first-order valence-corrected chi connectivity index (χ1v) is 8.25. The van der Waals surface area contributed by atoms with Crippen LogP contribution >= 0.6 is 0 Å². The molecule has 1 saturated heterocycles. The van der Waals surface area contributed by atoms with Crippen molar-refractivity contribution in [2.24, 2.45) is 11.3 Å². The summed E-state index contributed by atoms with van der Waals surface area (Å²) in [6, 6.07) is 6.99. The Kier molecular flexibility index (Phi) is 4.04. The third-order valence-electron chi connectivity index (χ3n) is 5.37. The molecule has 0 spiro atoms. The molecule has 1 heterocycles. The van der Waals surface area contributed by atoms with Gasteiger partial charge in [-0.15, -0.1) is 0 Å². The fraction of sp³-hybridized carbons (Fsp3) is 0.556. The van der Waals surface area contributed by atoms with Crippen LogP contribution in [-0.4, -0.2) is 34.6 Å². The highest BCUT2D eigenvalue weighted by Gasteiger charge is 2.50. The van der Waals surface area contributed by atoms with Crippen molar-refractivity contribution in [2.75, 3.05) is 6.54 Å². The third-order valence-corrected chi connectivity index (χ3v) is 5.37. The molecule has 2 amide bonds. The van der Waals surface area contributed by atoms with Gasteiger partial charge in [0.2, 0.25) is 0 Å². The molecule has 1 aromatic rings. The number of benzene rings is 1. The van der Waals surface area contributed by atoms with Crippen LogP contribution in [0.3, 0.4) is 0 Å². The Morgan fingerprint density at radius 3 is 2.61 bits per heavy atom. The standard InChI is InChI=1S/C18H24N2O3/c1-18(2)11-20(15-5-3-4-14(15)18)17(23)19-10-12-6-8-13(9-7-12)16(21)22/h6-9,14-15H,3-5,10-11H2,1-2H3,(H,19,23)(H,21,22). The van der Waals surface area contributed by atoms with Gasteiger partial charge in [0.05, 0.1) is 5.56 Å². The number of carboxylic acids is 1. The van der Waals surface area contributed by atoms with E-state index in [0.29, 0.717) is 18.5 Å². The number of hydrogen-bond donors (Lipinski definition) is 2. The largest absolute Gasteiger partial charge is 0.478 e. The molecule has 2 fully saturated rings. The quantitative estimate of drug-likeness (QED) is 0.900. The highest BCUT2D eigenvalue weighted by molar-refractivity contribution is 5.87. The Balaban J connectivity index is 1.60. The van der Waals surface area contributed by atoms with Crippen molar-refractivity contribution in [3.05, 3.63) is 35.4 Å². The van der Waals surface area contributed by atoms with Gasteiger partial charge in [0.1, 0.15) is 0 Å². The van der Waals surface area contributed by atoms with E-state index in [1.165, 1.54) is 12.8 Å². The van der Waals surface area contributed by atoms with Crippen molar-refractivity contribution in [3.8, 4) is 0 Å². The second-order valence-electron chi connectivity index (χ2n) is 7.38. The van der Waals surface area contributed by atoms with Crippen LogP contribution in [0, 0.1) is 11.3 Å². The van der Waals surface area contributed by atoms with Crippen molar-refractivity contribution in [3.63, 3.8) is 0 Å². The normalized spacial score (nSPS) is 25.2. The molecule has 0 aromatic heterocycles. The molecule has 23 heavy (non-hydrogen) atoms. The van der Waals surface area contributed by atoms with Gasteiger partial charge in [-0.2, -0.15) is 0 Å². The van der Waals surface area contributed by atoms with Crippen molar-refractivity contribution < 1.29 is 14.7 Å². The number of fused-ring (bicyclic) bond motifs is 1. The minimum absolute atomic E-state index is 0.00483. The van der Waals surface area contributed by atoms with Gasteiger partial charge in [0, 0.05) is 19.1 Å². The summed E-state index contributed by atoms with van der Waals surface area (Å²) in [5, 5.41) is 11.9. The van der Waals surface area contributed by atoms with Gasteiger partial charge in [-0.3, -0.25) is 0 Å². The van der Waals surface area contributed by atoms with Crippen LogP contribution in [-0.2, 0) is 6.54 Å². The number of carbonyl (C=O) groups is 2. The first-order valence-electron chi connectivity index (χ1n) is 8.25. The molecular weight excluding hydrogens is 292 g/mol. The van der Waals surface area contributed by atoms with Crippen molar-refractivity contribution in [1.82, 2.24) is 10.2 Å². The summed E-state index contributed by atoms with van der Waals surface area (Å²) in [6.45, 7) is 5.75. The first-order chi connectivity index (χ1) is 10.9. The zero-order valence-electron chi connectivity index (χ0n) is 13.7. The second kappa shape index (κ2) is 5.87. The van der Waals surface area contributed by atoms with E-state index in [9.17, 15) is 9.59 Å². The summed E-state index contributed by atoms with van der Waals surface area (Å²) in [7, 11) is 0. The van der Waals surface area contributed by atoms with Gasteiger partial charge in [0.25, 0.3) is 0 Å². The summed E-state index contributed by atoms with van der Waals surface area (Å²) >= 11 is 0. The molecule has 1 saturated carbocycles. The molecule has 2 N–H and O–H groups in total. The maximum absolute atomic E-state index is 12.5. The number of likely N-dealkylation sites (tertiary alicyclic amines) is 1. The molecule has 1 aliphatic heterocycles. The number of urea groups is 1. The number of hydrogen-bond acceptors (Lipinski definition) is 2. The summed E-state index contributed by atoms with van der Waals surface area (Å²) in [5.41, 5.74) is 1.36. The number of amides is 2. The Bertz CT molecular complexity index is 609. The van der Waals surface area contributed by atoms with Crippen LogP contribution in [0.1, 0.15) is 49.0 Å². The number of carboxylic acid groups (broad SMARTS) is 1. The SMILES string of the molecule is CC1(C)CN(C(=O)NCc2ccc(C(=O)O)cc2)C2CCCC21. The lowest BCUT2D eigenvalue weighted by Gasteiger charge is -2.24. The molecule has 2 unspecified atom stereocenters. The number of carbonyl (C=O) groups excluding carboxylic acids is 1. The lowest BCUT2D eigenvalue weighted by Crippen LogP contribution is -2.43. The van der Waals surface area contributed by atoms with Crippen LogP contribution in [0.2, 0.25) is 0 Å². The molecule has 0 radical (unpaired) electrons. The molecule has 1 aliphatic carbocycles. The zero-order chi connectivity index (χ0) is 16.6. The average molecular weight is 316 g/mol. The Morgan fingerprint density at radius 1 is 1.26 bits per heavy atom. The Labute approximate surface area is 136 Å². The lowest BCUT2D eigenvalue weighted by atomic mass is 9.80. The third kappa shape index (κ3) is 3.05. The molecule has 124 valence electrons. The van der Waals surface area contributed by atoms with Crippen LogP contribution in [0.5, 0.6) is 0 Å². The fourth-order valence-electron chi connectivity index (χ4n) is 4.17. The monoisotopic (exact) mass is 316 g/mol.